The summed E-state index contributed by atoms with van der Waals surface area (Å²) in [5.41, 5.74) is 1.90. The minimum Gasteiger partial charge on any atom is -0.494 e. The van der Waals surface area contributed by atoms with E-state index in [0.29, 0.717) is 29.6 Å². The average molecular weight is 708 g/mol. The topological polar surface area (TPSA) is 96.0 Å². The molecule has 0 aliphatic heterocycles. The zero-order chi connectivity index (χ0) is 34.5. The lowest BCUT2D eigenvalue weighted by Gasteiger charge is -2.34. The molecule has 0 spiro atoms. The molecule has 4 aromatic rings. The summed E-state index contributed by atoms with van der Waals surface area (Å²) in [6.07, 6.45) is 3.83. The Morgan fingerprint density at radius 3 is 2.15 bits per heavy atom. The second-order valence-corrected chi connectivity index (χ2v) is 14.3. The number of hydrogen-bond donors (Lipinski definition) is 1. The van der Waals surface area contributed by atoms with Crippen LogP contribution in [0, 0.1) is 0 Å². The van der Waals surface area contributed by atoms with E-state index in [9.17, 15) is 18.0 Å². The first-order valence-electron chi connectivity index (χ1n) is 15.9. The van der Waals surface area contributed by atoms with Gasteiger partial charge in [-0.05, 0) is 91.4 Å². The third kappa shape index (κ3) is 10.0. The second-order valence-electron chi connectivity index (χ2n) is 11.1. The molecule has 0 bridgehead atoms. The van der Waals surface area contributed by atoms with Crippen LogP contribution in [-0.2, 0) is 32.6 Å². The van der Waals surface area contributed by atoms with Gasteiger partial charge in [-0.25, -0.2) is 8.42 Å². The van der Waals surface area contributed by atoms with Crippen molar-refractivity contribution in [1.29, 1.82) is 0 Å². The highest BCUT2D eigenvalue weighted by molar-refractivity contribution is 7.98. The van der Waals surface area contributed by atoms with Gasteiger partial charge in [0, 0.05) is 29.4 Å². The van der Waals surface area contributed by atoms with Crippen molar-refractivity contribution in [3.63, 3.8) is 0 Å². The van der Waals surface area contributed by atoms with Crippen LogP contribution in [0.1, 0.15) is 37.8 Å². The Balaban J connectivity index is 1.79. The monoisotopic (exact) mass is 707 g/mol. The van der Waals surface area contributed by atoms with Gasteiger partial charge in [0.05, 0.1) is 17.2 Å². The van der Waals surface area contributed by atoms with Crippen LogP contribution in [0.3, 0.4) is 0 Å². The zero-order valence-corrected chi connectivity index (χ0v) is 29.9. The van der Waals surface area contributed by atoms with Crippen LogP contribution in [0.25, 0.3) is 0 Å². The molecule has 4 rings (SSSR count). The number of thioether (sulfide) groups is 1. The highest BCUT2D eigenvalue weighted by Crippen LogP contribution is 2.28. The number of nitrogens with zero attached hydrogens (tertiary/aromatic N) is 2. The quantitative estimate of drug-likeness (QED) is 0.0921. The predicted octanol–water partition coefficient (Wildman–Crippen LogP) is 7.21. The summed E-state index contributed by atoms with van der Waals surface area (Å²) in [5, 5.41) is 3.54. The number of unbranched alkanes of at least 4 members (excludes halogenated alkanes) is 1. The lowest BCUT2D eigenvalue weighted by atomic mass is 10.0. The predicted molar refractivity (Wildman–Crippen MR) is 194 cm³/mol. The number of anilines is 1. The Labute approximate surface area is 293 Å². The summed E-state index contributed by atoms with van der Waals surface area (Å²) in [5.74, 6) is -0.266. The number of benzene rings is 4. The number of carbonyl (C=O) groups excluding carboxylic acids is 2. The number of ether oxygens (including phenoxy) is 1. The van der Waals surface area contributed by atoms with E-state index in [-0.39, 0.29) is 23.8 Å². The maximum atomic E-state index is 14.6. The second kappa shape index (κ2) is 18.0. The van der Waals surface area contributed by atoms with Crippen molar-refractivity contribution >= 4 is 50.9 Å². The van der Waals surface area contributed by atoms with Gasteiger partial charge in [-0.2, -0.15) is 0 Å². The Morgan fingerprint density at radius 1 is 0.875 bits per heavy atom. The molecule has 1 N–H and O–H groups in total. The summed E-state index contributed by atoms with van der Waals surface area (Å²) in [7, 11) is -4.22. The molecule has 0 saturated carbocycles. The lowest BCUT2D eigenvalue weighted by Crippen LogP contribution is -2.53. The number of nitrogens with one attached hydrogen (secondary N) is 1. The third-order valence-corrected chi connectivity index (χ3v) is 10.5. The van der Waals surface area contributed by atoms with Crippen LogP contribution in [0.15, 0.2) is 113 Å². The van der Waals surface area contributed by atoms with Crippen LogP contribution in [-0.4, -0.2) is 57.1 Å². The van der Waals surface area contributed by atoms with Gasteiger partial charge in [0.25, 0.3) is 10.0 Å². The first-order valence-corrected chi connectivity index (χ1v) is 19.0. The maximum absolute atomic E-state index is 14.6. The molecule has 8 nitrogen and oxygen atoms in total. The fraction of sp³-hybridized carbons (Fsp3) is 0.297. The van der Waals surface area contributed by atoms with Crippen LogP contribution in [0.5, 0.6) is 5.75 Å². The molecule has 0 aliphatic rings. The minimum atomic E-state index is -4.22. The molecule has 11 heteroatoms. The largest absolute Gasteiger partial charge is 0.494 e. The summed E-state index contributed by atoms with van der Waals surface area (Å²) in [4.78, 5) is 30.9. The van der Waals surface area contributed by atoms with Crippen LogP contribution >= 0.6 is 23.4 Å². The van der Waals surface area contributed by atoms with E-state index in [1.165, 1.54) is 28.8 Å². The fourth-order valence-electron chi connectivity index (χ4n) is 5.13. The molecule has 4 aromatic carbocycles. The van der Waals surface area contributed by atoms with Crippen molar-refractivity contribution in [3.05, 3.63) is 119 Å². The normalized spacial score (nSPS) is 11.8. The number of sulfonamides is 1. The van der Waals surface area contributed by atoms with Crippen molar-refractivity contribution in [2.75, 3.05) is 30.3 Å². The molecule has 0 fully saturated rings. The Kier molecular flexibility index (Phi) is 13.8. The highest BCUT2D eigenvalue weighted by Gasteiger charge is 2.34. The number of carbonyl (C=O) groups is 2. The van der Waals surface area contributed by atoms with E-state index in [4.69, 9.17) is 16.3 Å². The van der Waals surface area contributed by atoms with E-state index in [0.717, 1.165) is 33.2 Å². The Hall–Kier alpha value is -3.99. The number of halogens is 1. The molecule has 1 atom stereocenters. The molecule has 0 unspecified atom stereocenters. The van der Waals surface area contributed by atoms with Crippen LogP contribution < -0.4 is 14.4 Å². The van der Waals surface area contributed by atoms with E-state index < -0.39 is 28.5 Å². The van der Waals surface area contributed by atoms with E-state index in [2.05, 4.69) is 5.32 Å². The molecule has 0 heterocycles. The van der Waals surface area contributed by atoms with Gasteiger partial charge < -0.3 is 15.0 Å². The molecular formula is C37H42ClN3O5S2. The first-order chi connectivity index (χ1) is 23.2. The molecule has 0 aliphatic carbocycles. The Morgan fingerprint density at radius 2 is 1.54 bits per heavy atom. The average Bonchev–Trinajstić information content (AvgIpc) is 3.10. The van der Waals surface area contributed by atoms with Crippen LogP contribution in [0.2, 0.25) is 5.02 Å². The number of rotatable bonds is 17. The van der Waals surface area contributed by atoms with Crippen molar-refractivity contribution in [2.24, 2.45) is 0 Å². The van der Waals surface area contributed by atoms with Gasteiger partial charge in [0.15, 0.2) is 0 Å². The molecule has 2 amide bonds. The molecule has 254 valence electrons. The van der Waals surface area contributed by atoms with E-state index in [1.54, 1.807) is 60.7 Å². The van der Waals surface area contributed by atoms with E-state index >= 15 is 0 Å². The van der Waals surface area contributed by atoms with Gasteiger partial charge in [0.1, 0.15) is 18.3 Å². The maximum Gasteiger partial charge on any atom is 0.264 e. The summed E-state index contributed by atoms with van der Waals surface area (Å²) in [6, 6.07) is 28.7. The number of amides is 2. The first kappa shape index (κ1) is 36.8. The molecular weight excluding hydrogens is 666 g/mol. The van der Waals surface area contributed by atoms with Crippen molar-refractivity contribution in [2.45, 2.75) is 55.5 Å². The van der Waals surface area contributed by atoms with Crippen LogP contribution in [0.4, 0.5) is 5.69 Å². The number of hydrogen-bond acceptors (Lipinski definition) is 6. The Bertz CT molecular complexity index is 1720. The zero-order valence-electron chi connectivity index (χ0n) is 27.5. The van der Waals surface area contributed by atoms with Gasteiger partial charge in [-0.3, -0.25) is 13.9 Å². The molecule has 48 heavy (non-hydrogen) atoms. The van der Waals surface area contributed by atoms with Crippen molar-refractivity contribution in [1.82, 2.24) is 10.2 Å². The minimum absolute atomic E-state index is 0.0457. The SMILES string of the molecule is CCCCNC(=O)[C@H](Cc1ccccc1)N(Cc1ccc(Cl)cc1)C(=O)CN(c1ccc(OCC)cc1)S(=O)(=O)c1ccc(SC)cc1. The lowest BCUT2D eigenvalue weighted by molar-refractivity contribution is -0.140. The van der Waals surface area contributed by atoms with E-state index in [1.807, 2.05) is 50.4 Å². The van der Waals surface area contributed by atoms with Gasteiger partial charge in [0.2, 0.25) is 11.8 Å². The third-order valence-electron chi connectivity index (χ3n) is 7.73. The molecule has 0 saturated heterocycles. The van der Waals surface area contributed by atoms with Crippen molar-refractivity contribution in [3.8, 4) is 5.75 Å². The van der Waals surface area contributed by atoms with Gasteiger partial charge in [-0.15, -0.1) is 11.8 Å². The fourth-order valence-corrected chi connectivity index (χ4v) is 7.07. The smallest absolute Gasteiger partial charge is 0.264 e. The summed E-state index contributed by atoms with van der Waals surface area (Å²) in [6.45, 7) is 4.33. The van der Waals surface area contributed by atoms with Crippen molar-refractivity contribution < 1.29 is 22.7 Å². The van der Waals surface area contributed by atoms with Gasteiger partial charge in [-0.1, -0.05) is 67.4 Å². The summed E-state index contributed by atoms with van der Waals surface area (Å²) < 4.78 is 35.3. The van der Waals surface area contributed by atoms with Gasteiger partial charge >= 0.3 is 0 Å². The summed E-state index contributed by atoms with van der Waals surface area (Å²) >= 11 is 7.67. The highest BCUT2D eigenvalue weighted by atomic mass is 35.5. The molecule has 0 aromatic heterocycles. The standard InChI is InChI=1S/C37H42ClN3O5S2/c1-4-6-24-39-37(43)35(25-28-10-8-7-9-11-28)40(26-29-12-14-30(38)15-13-29)36(42)27-41(31-16-18-32(19-17-31)46-5-2)48(44,45)34-22-20-33(47-3)21-23-34/h7-23,35H,4-6,24-27H2,1-3H3,(H,39,43)/t35-/m0/s1. The molecule has 0 radical (unpaired) electrons.